The van der Waals surface area contributed by atoms with Crippen LogP contribution in [-0.4, -0.2) is 0 Å². The molecule has 2 aromatic rings. The van der Waals surface area contributed by atoms with Gasteiger partial charge >= 0.3 is 0 Å². The molecule has 0 heterocycles. The molecule has 22 heavy (non-hydrogen) atoms. The zero-order chi connectivity index (χ0) is 15.7. The summed E-state index contributed by atoms with van der Waals surface area (Å²) in [5, 5.41) is 4.59. The Bertz CT molecular complexity index is 714. The topological polar surface area (TPSA) is 0 Å². The van der Waals surface area contributed by atoms with E-state index in [0.29, 0.717) is 0 Å². The Labute approximate surface area is 135 Å². The Kier molecular flexibility index (Phi) is 4.32. The Hall–Kier alpha value is -1.65. The summed E-state index contributed by atoms with van der Waals surface area (Å²) in [5.41, 5.74) is 5.67. The van der Waals surface area contributed by atoms with Crippen LogP contribution in [0.5, 0.6) is 0 Å². The average molecular weight is 306 g/mol. The molecule has 0 aliphatic heterocycles. The van der Waals surface area contributed by atoms with E-state index in [1.165, 1.54) is 32.9 Å². The summed E-state index contributed by atoms with van der Waals surface area (Å²) in [6.07, 6.45) is 7.91. The number of hydrogen-bond donors (Lipinski definition) is 0. The van der Waals surface area contributed by atoms with Crippen LogP contribution in [0.3, 0.4) is 0 Å². The van der Waals surface area contributed by atoms with Crippen molar-refractivity contribution in [1.29, 1.82) is 0 Å². The minimum Gasteiger partial charge on any atom is -0.0801 e. The van der Waals surface area contributed by atoms with E-state index in [9.17, 15) is 0 Å². The summed E-state index contributed by atoms with van der Waals surface area (Å²) in [6.45, 7) is 8.98. The average Bonchev–Trinajstić information content (AvgIpc) is 3.02. The monoisotopic (exact) mass is 306 g/mol. The summed E-state index contributed by atoms with van der Waals surface area (Å²) in [7, 11) is -0.427. The standard InChI is InChI=1S/C21H23P/c1-15-9-7-13-20(17(15)3)22(19-11-5-6-12-19)21-14-8-10-16(2)18(21)4/h5-11,13-14H,12H2,1-4H3. The maximum Gasteiger partial charge on any atom is -0.00836 e. The molecule has 3 rings (SSSR count). The number of allylic oxidation sites excluding steroid dienone is 4. The lowest BCUT2D eigenvalue weighted by Gasteiger charge is -2.25. The van der Waals surface area contributed by atoms with Crippen LogP contribution >= 0.6 is 7.92 Å². The van der Waals surface area contributed by atoms with Crippen molar-refractivity contribution in [2.24, 2.45) is 0 Å². The molecule has 0 spiro atoms. The maximum absolute atomic E-state index is 2.33. The molecule has 0 saturated heterocycles. The molecule has 0 bridgehead atoms. The van der Waals surface area contributed by atoms with E-state index < -0.39 is 7.92 Å². The van der Waals surface area contributed by atoms with E-state index in [0.717, 1.165) is 6.42 Å². The molecule has 0 radical (unpaired) electrons. The Morgan fingerprint density at radius 1 is 0.773 bits per heavy atom. The summed E-state index contributed by atoms with van der Waals surface area (Å²) in [6, 6.07) is 13.5. The van der Waals surface area contributed by atoms with Gasteiger partial charge in [0.25, 0.3) is 0 Å². The summed E-state index contributed by atoms with van der Waals surface area (Å²) in [5.74, 6) is 0. The predicted molar refractivity (Wildman–Crippen MR) is 99.9 cm³/mol. The number of rotatable bonds is 3. The highest BCUT2D eigenvalue weighted by Gasteiger charge is 2.23. The number of benzene rings is 2. The SMILES string of the molecule is Cc1cccc(P(C2=CC=CC2)c2cccc(C)c2C)c1C. The number of hydrogen-bond acceptors (Lipinski definition) is 0. The normalized spacial score (nSPS) is 13.8. The Morgan fingerprint density at radius 3 is 1.77 bits per heavy atom. The third-order valence-corrected chi connectivity index (χ3v) is 7.51. The van der Waals surface area contributed by atoms with Gasteiger partial charge in [0.2, 0.25) is 0 Å². The molecule has 0 N–H and O–H groups in total. The first-order chi connectivity index (χ1) is 10.6. The molecular formula is C21H23P. The van der Waals surface area contributed by atoms with Crippen molar-refractivity contribution >= 4 is 18.5 Å². The second kappa shape index (κ2) is 6.23. The minimum atomic E-state index is -0.427. The van der Waals surface area contributed by atoms with Gasteiger partial charge in [0.05, 0.1) is 0 Å². The van der Waals surface area contributed by atoms with E-state index in [-0.39, 0.29) is 0 Å². The minimum absolute atomic E-state index is 0.427. The lowest BCUT2D eigenvalue weighted by Crippen LogP contribution is -2.19. The molecular weight excluding hydrogens is 283 g/mol. The van der Waals surface area contributed by atoms with Crippen LogP contribution in [0.4, 0.5) is 0 Å². The first kappa shape index (κ1) is 15.3. The highest BCUT2D eigenvalue weighted by atomic mass is 31.1. The fourth-order valence-electron chi connectivity index (χ4n) is 3.00. The molecule has 0 nitrogen and oxygen atoms in total. The van der Waals surface area contributed by atoms with Crippen molar-refractivity contribution in [3.05, 3.63) is 82.2 Å². The van der Waals surface area contributed by atoms with Crippen LogP contribution in [0.15, 0.2) is 59.9 Å². The fourth-order valence-corrected chi connectivity index (χ4v) is 5.89. The smallest absolute Gasteiger partial charge is 0.00836 e. The van der Waals surface area contributed by atoms with E-state index in [4.69, 9.17) is 0 Å². The zero-order valence-corrected chi connectivity index (χ0v) is 14.7. The molecule has 0 aromatic heterocycles. The molecule has 1 heteroatoms. The van der Waals surface area contributed by atoms with Gasteiger partial charge in [0.15, 0.2) is 0 Å². The van der Waals surface area contributed by atoms with E-state index in [2.05, 4.69) is 82.3 Å². The van der Waals surface area contributed by atoms with Crippen LogP contribution in [0.25, 0.3) is 0 Å². The van der Waals surface area contributed by atoms with Crippen LogP contribution < -0.4 is 10.6 Å². The van der Waals surface area contributed by atoms with Gasteiger partial charge in [-0.3, -0.25) is 0 Å². The van der Waals surface area contributed by atoms with Gasteiger partial charge in [-0.15, -0.1) is 0 Å². The molecule has 2 aromatic carbocycles. The van der Waals surface area contributed by atoms with E-state index in [1.807, 2.05) is 0 Å². The molecule has 0 saturated carbocycles. The lowest BCUT2D eigenvalue weighted by molar-refractivity contribution is 1.35. The van der Waals surface area contributed by atoms with E-state index >= 15 is 0 Å². The van der Waals surface area contributed by atoms with Crippen LogP contribution in [0, 0.1) is 27.7 Å². The van der Waals surface area contributed by atoms with E-state index in [1.54, 1.807) is 5.31 Å². The van der Waals surface area contributed by atoms with Gasteiger partial charge in [0.1, 0.15) is 0 Å². The molecule has 112 valence electrons. The Morgan fingerprint density at radius 2 is 1.32 bits per heavy atom. The molecule has 0 unspecified atom stereocenters. The van der Waals surface area contributed by atoms with Crippen molar-refractivity contribution in [2.75, 3.05) is 0 Å². The zero-order valence-electron chi connectivity index (χ0n) is 13.9. The molecule has 0 amide bonds. The first-order valence-electron chi connectivity index (χ1n) is 7.88. The summed E-state index contributed by atoms with van der Waals surface area (Å²) < 4.78 is 0. The summed E-state index contributed by atoms with van der Waals surface area (Å²) >= 11 is 0. The van der Waals surface area contributed by atoms with Gasteiger partial charge in [-0.2, -0.15) is 0 Å². The van der Waals surface area contributed by atoms with Crippen molar-refractivity contribution in [1.82, 2.24) is 0 Å². The van der Waals surface area contributed by atoms with Crippen molar-refractivity contribution < 1.29 is 0 Å². The maximum atomic E-state index is 2.33. The predicted octanol–water partition coefficient (Wildman–Crippen LogP) is 5.20. The molecule has 1 aliphatic rings. The molecule has 0 fully saturated rings. The third-order valence-electron chi connectivity index (χ3n) is 4.67. The lowest BCUT2D eigenvalue weighted by atomic mass is 10.1. The highest BCUT2D eigenvalue weighted by molar-refractivity contribution is 7.77. The van der Waals surface area contributed by atoms with Crippen LogP contribution in [0.1, 0.15) is 28.7 Å². The van der Waals surface area contributed by atoms with Crippen LogP contribution in [-0.2, 0) is 0 Å². The second-order valence-corrected chi connectivity index (χ2v) is 8.27. The van der Waals surface area contributed by atoms with Crippen molar-refractivity contribution in [2.45, 2.75) is 34.1 Å². The van der Waals surface area contributed by atoms with Crippen molar-refractivity contribution in [3.8, 4) is 0 Å². The van der Waals surface area contributed by atoms with Gasteiger partial charge in [-0.1, -0.05) is 54.6 Å². The molecule has 1 aliphatic carbocycles. The fraction of sp³-hybridized carbons (Fsp3) is 0.238. The highest BCUT2D eigenvalue weighted by Crippen LogP contribution is 2.48. The summed E-state index contributed by atoms with van der Waals surface area (Å²) in [4.78, 5) is 0. The van der Waals surface area contributed by atoms with Crippen LogP contribution in [0.2, 0.25) is 0 Å². The van der Waals surface area contributed by atoms with Gasteiger partial charge < -0.3 is 0 Å². The quantitative estimate of drug-likeness (QED) is 0.684. The Balaban J connectivity index is 2.21. The number of aryl methyl sites for hydroxylation is 2. The largest absolute Gasteiger partial charge is 0.0801 e. The van der Waals surface area contributed by atoms with Gasteiger partial charge in [0, 0.05) is 0 Å². The first-order valence-corrected chi connectivity index (χ1v) is 9.22. The molecule has 0 atom stereocenters. The third kappa shape index (κ3) is 2.69. The van der Waals surface area contributed by atoms with Gasteiger partial charge in [-0.25, -0.2) is 0 Å². The second-order valence-electron chi connectivity index (χ2n) is 6.06. The van der Waals surface area contributed by atoms with Crippen molar-refractivity contribution in [3.63, 3.8) is 0 Å². The van der Waals surface area contributed by atoms with Gasteiger partial charge in [-0.05, 0) is 80.2 Å².